The molecule has 0 aromatic rings. The van der Waals surface area contributed by atoms with E-state index in [1.54, 1.807) is 4.90 Å². The summed E-state index contributed by atoms with van der Waals surface area (Å²) in [6.07, 6.45) is 6.30. The first-order chi connectivity index (χ1) is 9.19. The van der Waals surface area contributed by atoms with Gasteiger partial charge in [-0.05, 0) is 25.2 Å². The molecule has 1 heterocycles. The van der Waals surface area contributed by atoms with Crippen LogP contribution in [0, 0.1) is 5.92 Å². The highest BCUT2D eigenvalue weighted by Crippen LogP contribution is 2.40. The summed E-state index contributed by atoms with van der Waals surface area (Å²) in [5.74, 6) is 0.334. The molecule has 0 aromatic heterocycles. The lowest BCUT2D eigenvalue weighted by Crippen LogP contribution is -2.49. The second kappa shape index (κ2) is 6.17. The van der Waals surface area contributed by atoms with Crippen molar-refractivity contribution in [3.63, 3.8) is 0 Å². The van der Waals surface area contributed by atoms with Crippen LogP contribution in [0.2, 0.25) is 0 Å². The van der Waals surface area contributed by atoms with Crippen LogP contribution in [0.25, 0.3) is 0 Å². The van der Waals surface area contributed by atoms with Gasteiger partial charge in [-0.25, -0.2) is 0 Å². The van der Waals surface area contributed by atoms with Gasteiger partial charge in [0.2, 0.25) is 11.8 Å². The average molecular weight is 266 g/mol. The fraction of sp³-hybridized carbons (Fsp3) is 0.786. The molecule has 5 nitrogen and oxygen atoms in total. The second-order valence-corrected chi connectivity index (χ2v) is 5.43. The molecule has 106 valence electrons. The number of hydrogen-bond acceptors (Lipinski definition) is 3. The van der Waals surface area contributed by atoms with Crippen molar-refractivity contribution in [3.05, 3.63) is 0 Å². The number of amides is 2. The molecular weight excluding hydrogens is 244 g/mol. The summed E-state index contributed by atoms with van der Waals surface area (Å²) in [6.45, 7) is 1.86. The quantitative estimate of drug-likeness (QED) is 0.768. The first-order valence-electron chi connectivity index (χ1n) is 7.21. The van der Waals surface area contributed by atoms with Crippen molar-refractivity contribution in [1.29, 1.82) is 0 Å². The van der Waals surface area contributed by atoms with Crippen molar-refractivity contribution < 1.29 is 14.4 Å². The lowest BCUT2D eigenvalue weighted by atomic mass is 9.84. The molecule has 1 N–H and O–H groups in total. The van der Waals surface area contributed by atoms with Crippen molar-refractivity contribution in [2.24, 2.45) is 5.92 Å². The van der Waals surface area contributed by atoms with Gasteiger partial charge in [0, 0.05) is 12.5 Å². The number of carbonyl (C=O) groups is 3. The van der Waals surface area contributed by atoms with Gasteiger partial charge in [0.15, 0.2) is 0 Å². The Morgan fingerprint density at radius 2 is 2.05 bits per heavy atom. The number of nitrogens with zero attached hydrogens (tertiary/aromatic N) is 1. The topological polar surface area (TPSA) is 66.5 Å². The molecular formula is C14H22N2O3. The van der Waals surface area contributed by atoms with Gasteiger partial charge in [-0.2, -0.15) is 0 Å². The van der Waals surface area contributed by atoms with Gasteiger partial charge >= 0.3 is 0 Å². The van der Waals surface area contributed by atoms with Crippen LogP contribution in [-0.2, 0) is 14.4 Å². The third-order valence-electron chi connectivity index (χ3n) is 4.34. The van der Waals surface area contributed by atoms with E-state index in [4.69, 9.17) is 0 Å². The molecule has 1 aliphatic heterocycles. The maximum Gasteiger partial charge on any atom is 0.243 e. The van der Waals surface area contributed by atoms with Gasteiger partial charge in [0.05, 0.1) is 6.54 Å². The van der Waals surface area contributed by atoms with Gasteiger partial charge in [-0.3, -0.25) is 9.59 Å². The third kappa shape index (κ3) is 2.80. The van der Waals surface area contributed by atoms with Crippen LogP contribution in [0.5, 0.6) is 0 Å². The smallest absolute Gasteiger partial charge is 0.243 e. The SMILES string of the molecule is CCC(=O)N1C(C(=O)NCC=O)CC2CCCCC21. The maximum atomic E-state index is 12.1. The lowest BCUT2D eigenvalue weighted by molar-refractivity contribution is -0.140. The van der Waals surface area contributed by atoms with E-state index < -0.39 is 0 Å². The molecule has 2 fully saturated rings. The van der Waals surface area contributed by atoms with Crippen LogP contribution < -0.4 is 5.32 Å². The van der Waals surface area contributed by atoms with Crippen LogP contribution >= 0.6 is 0 Å². The molecule has 3 unspecified atom stereocenters. The minimum atomic E-state index is -0.375. The van der Waals surface area contributed by atoms with Crippen LogP contribution in [0.4, 0.5) is 0 Å². The predicted molar refractivity (Wildman–Crippen MR) is 70.4 cm³/mol. The number of nitrogens with one attached hydrogen (secondary N) is 1. The summed E-state index contributed by atoms with van der Waals surface area (Å²) < 4.78 is 0. The van der Waals surface area contributed by atoms with Crippen LogP contribution in [0.15, 0.2) is 0 Å². The molecule has 1 saturated heterocycles. The van der Waals surface area contributed by atoms with Crippen molar-refractivity contribution >= 4 is 18.1 Å². The number of aldehydes is 1. The van der Waals surface area contributed by atoms with Crippen molar-refractivity contribution in [2.45, 2.75) is 57.5 Å². The highest BCUT2D eigenvalue weighted by molar-refractivity contribution is 5.89. The second-order valence-electron chi connectivity index (χ2n) is 5.43. The van der Waals surface area contributed by atoms with E-state index in [1.807, 2.05) is 6.92 Å². The summed E-state index contributed by atoms with van der Waals surface area (Å²) in [6, 6.07) is -0.145. The fourth-order valence-electron chi connectivity index (χ4n) is 3.50. The number of likely N-dealkylation sites (tertiary alicyclic amines) is 1. The zero-order valence-corrected chi connectivity index (χ0v) is 11.4. The minimum Gasteiger partial charge on any atom is -0.348 e. The van der Waals surface area contributed by atoms with E-state index in [1.165, 1.54) is 6.42 Å². The Bertz CT molecular complexity index is 370. The van der Waals surface area contributed by atoms with E-state index in [0.717, 1.165) is 25.7 Å². The zero-order valence-electron chi connectivity index (χ0n) is 11.4. The molecule has 1 saturated carbocycles. The molecule has 3 atom stereocenters. The van der Waals surface area contributed by atoms with Gasteiger partial charge in [-0.15, -0.1) is 0 Å². The van der Waals surface area contributed by atoms with E-state index in [2.05, 4.69) is 5.32 Å². The molecule has 2 rings (SSSR count). The largest absolute Gasteiger partial charge is 0.348 e. The molecule has 2 aliphatic rings. The van der Waals surface area contributed by atoms with Crippen molar-refractivity contribution in [1.82, 2.24) is 10.2 Å². The Morgan fingerprint density at radius 1 is 1.32 bits per heavy atom. The van der Waals surface area contributed by atoms with E-state index >= 15 is 0 Å². The number of fused-ring (bicyclic) bond motifs is 1. The molecule has 0 spiro atoms. The highest BCUT2D eigenvalue weighted by atomic mass is 16.2. The first kappa shape index (κ1) is 14.0. The molecule has 0 bridgehead atoms. The molecule has 5 heteroatoms. The van der Waals surface area contributed by atoms with Gasteiger partial charge < -0.3 is 15.0 Å². The Labute approximate surface area is 113 Å². The normalized spacial score (nSPS) is 29.7. The van der Waals surface area contributed by atoms with Crippen LogP contribution in [0.1, 0.15) is 45.4 Å². The number of rotatable bonds is 4. The Morgan fingerprint density at radius 3 is 2.74 bits per heavy atom. The Hall–Kier alpha value is -1.39. The molecule has 0 radical (unpaired) electrons. The summed E-state index contributed by atoms with van der Waals surface area (Å²) in [4.78, 5) is 36.4. The number of carbonyl (C=O) groups excluding carboxylic acids is 3. The molecule has 1 aliphatic carbocycles. The summed E-state index contributed by atoms with van der Waals surface area (Å²) in [5, 5.41) is 2.59. The number of hydrogen-bond donors (Lipinski definition) is 1. The molecule has 0 aromatic carbocycles. The van der Waals surface area contributed by atoms with Gasteiger partial charge in [0.1, 0.15) is 12.3 Å². The van der Waals surface area contributed by atoms with E-state index in [9.17, 15) is 14.4 Å². The lowest BCUT2D eigenvalue weighted by Gasteiger charge is -2.33. The van der Waals surface area contributed by atoms with Gasteiger partial charge in [0.25, 0.3) is 0 Å². The fourth-order valence-corrected chi connectivity index (χ4v) is 3.50. The third-order valence-corrected chi connectivity index (χ3v) is 4.34. The Kier molecular flexibility index (Phi) is 4.56. The van der Waals surface area contributed by atoms with E-state index in [-0.39, 0.29) is 30.4 Å². The average Bonchev–Trinajstić information content (AvgIpc) is 2.83. The van der Waals surface area contributed by atoms with Crippen molar-refractivity contribution in [3.8, 4) is 0 Å². The summed E-state index contributed by atoms with van der Waals surface area (Å²) >= 11 is 0. The summed E-state index contributed by atoms with van der Waals surface area (Å²) in [7, 11) is 0. The van der Waals surface area contributed by atoms with E-state index in [0.29, 0.717) is 18.6 Å². The van der Waals surface area contributed by atoms with Crippen molar-refractivity contribution in [2.75, 3.05) is 6.54 Å². The summed E-state index contributed by atoms with van der Waals surface area (Å²) in [5.41, 5.74) is 0. The predicted octanol–water partition coefficient (Wildman–Crippen LogP) is 0.871. The first-order valence-corrected chi connectivity index (χ1v) is 7.21. The minimum absolute atomic E-state index is 0.0266. The molecule has 19 heavy (non-hydrogen) atoms. The van der Waals surface area contributed by atoms with Gasteiger partial charge in [-0.1, -0.05) is 19.8 Å². The molecule has 2 amide bonds. The highest BCUT2D eigenvalue weighted by Gasteiger charge is 2.46. The monoisotopic (exact) mass is 266 g/mol. The van der Waals surface area contributed by atoms with Crippen LogP contribution in [-0.4, -0.2) is 41.6 Å². The zero-order chi connectivity index (χ0) is 13.8. The maximum absolute atomic E-state index is 12.1. The van der Waals surface area contributed by atoms with Crippen LogP contribution in [0.3, 0.4) is 0 Å². The Balaban J connectivity index is 2.13. The standard InChI is InChI=1S/C14H22N2O3/c1-2-13(18)16-11-6-4-3-5-10(11)9-12(16)14(19)15-7-8-17/h8,10-12H,2-7,9H2,1H3,(H,15,19).